The highest BCUT2D eigenvalue weighted by Gasteiger charge is 2.20. The summed E-state index contributed by atoms with van der Waals surface area (Å²) in [5, 5.41) is 0. The van der Waals surface area contributed by atoms with Gasteiger partial charge in [0.2, 0.25) is 0 Å². The zero-order chi connectivity index (χ0) is 15.2. The molecule has 0 saturated carbocycles. The summed E-state index contributed by atoms with van der Waals surface area (Å²) in [4.78, 5) is 5.22. The van der Waals surface area contributed by atoms with Gasteiger partial charge >= 0.3 is 0 Å². The molecule has 1 unspecified atom stereocenters. The molecule has 116 valence electrons. The van der Waals surface area contributed by atoms with E-state index in [2.05, 4.69) is 23.9 Å². The molecule has 2 rings (SSSR count). The number of ether oxygens (including phenoxy) is 1. The van der Waals surface area contributed by atoms with Crippen molar-refractivity contribution in [2.45, 2.75) is 18.9 Å². The molecule has 4 nitrogen and oxygen atoms in total. The van der Waals surface area contributed by atoms with E-state index in [0.717, 1.165) is 24.4 Å². The summed E-state index contributed by atoms with van der Waals surface area (Å²) in [6.45, 7) is 4.01. The number of piperidine rings is 1. The molecule has 1 aliphatic rings. The Morgan fingerprint density at radius 2 is 2.14 bits per heavy atom. The first-order valence-electron chi connectivity index (χ1n) is 7.47. The van der Waals surface area contributed by atoms with Gasteiger partial charge in [-0.15, -0.1) is 0 Å². The van der Waals surface area contributed by atoms with Crippen molar-refractivity contribution in [2.24, 2.45) is 5.73 Å². The largest absolute Gasteiger partial charge is 0.492 e. The van der Waals surface area contributed by atoms with Crippen LogP contribution in [0.25, 0.3) is 0 Å². The van der Waals surface area contributed by atoms with Crippen LogP contribution < -0.4 is 10.5 Å². The van der Waals surface area contributed by atoms with Crippen molar-refractivity contribution in [2.75, 3.05) is 40.3 Å². The van der Waals surface area contributed by atoms with Crippen molar-refractivity contribution in [1.29, 1.82) is 0 Å². The third-order valence-corrected chi connectivity index (χ3v) is 4.31. The Morgan fingerprint density at radius 3 is 2.76 bits per heavy atom. The van der Waals surface area contributed by atoms with Crippen molar-refractivity contribution < 1.29 is 4.74 Å². The van der Waals surface area contributed by atoms with Crippen LogP contribution in [0.4, 0.5) is 0 Å². The summed E-state index contributed by atoms with van der Waals surface area (Å²) >= 11 is 4.94. The molecule has 0 aliphatic carbocycles. The SMILES string of the molecule is CN1CCCC(N(C)CCOc2ccc(C(N)=S)cc2)C1. The number of nitrogens with zero attached hydrogens (tertiary/aromatic N) is 2. The highest BCUT2D eigenvalue weighted by Crippen LogP contribution is 2.14. The molecule has 0 spiro atoms. The molecule has 1 atom stereocenters. The van der Waals surface area contributed by atoms with Crippen molar-refractivity contribution in [3.8, 4) is 5.75 Å². The highest BCUT2D eigenvalue weighted by molar-refractivity contribution is 7.80. The van der Waals surface area contributed by atoms with Crippen LogP contribution in [0.1, 0.15) is 18.4 Å². The normalized spacial score (nSPS) is 19.7. The van der Waals surface area contributed by atoms with E-state index in [4.69, 9.17) is 22.7 Å². The monoisotopic (exact) mass is 307 g/mol. The predicted molar refractivity (Wildman–Crippen MR) is 91.0 cm³/mol. The van der Waals surface area contributed by atoms with E-state index in [-0.39, 0.29) is 0 Å². The third kappa shape index (κ3) is 4.95. The van der Waals surface area contributed by atoms with Gasteiger partial charge in [-0.2, -0.15) is 0 Å². The number of nitrogens with two attached hydrogens (primary N) is 1. The average Bonchev–Trinajstić information content (AvgIpc) is 2.47. The Kier molecular flexibility index (Phi) is 5.96. The van der Waals surface area contributed by atoms with E-state index in [1.165, 1.54) is 19.4 Å². The summed E-state index contributed by atoms with van der Waals surface area (Å²) in [7, 11) is 4.38. The molecule has 1 saturated heterocycles. The molecule has 0 aromatic heterocycles. The van der Waals surface area contributed by atoms with Crippen LogP contribution in [0.2, 0.25) is 0 Å². The second-order valence-electron chi connectivity index (χ2n) is 5.78. The number of thiocarbonyl (C=S) groups is 1. The molecule has 1 aliphatic heterocycles. The van der Waals surface area contributed by atoms with E-state index in [0.29, 0.717) is 17.6 Å². The maximum atomic E-state index is 5.79. The average molecular weight is 307 g/mol. The molecule has 5 heteroatoms. The van der Waals surface area contributed by atoms with E-state index in [1.807, 2.05) is 24.3 Å². The van der Waals surface area contributed by atoms with Gasteiger partial charge in [-0.25, -0.2) is 0 Å². The summed E-state index contributed by atoms with van der Waals surface area (Å²) < 4.78 is 5.79. The Labute approximate surface area is 132 Å². The zero-order valence-corrected chi connectivity index (χ0v) is 13.7. The topological polar surface area (TPSA) is 41.7 Å². The molecule has 1 heterocycles. The maximum Gasteiger partial charge on any atom is 0.119 e. The second-order valence-corrected chi connectivity index (χ2v) is 6.22. The van der Waals surface area contributed by atoms with Crippen LogP contribution >= 0.6 is 12.2 Å². The molecule has 21 heavy (non-hydrogen) atoms. The fourth-order valence-electron chi connectivity index (χ4n) is 2.70. The van der Waals surface area contributed by atoms with E-state index < -0.39 is 0 Å². The van der Waals surface area contributed by atoms with E-state index in [1.54, 1.807) is 0 Å². The Bertz CT molecular complexity index is 463. The minimum absolute atomic E-state index is 0.419. The summed E-state index contributed by atoms with van der Waals surface area (Å²) in [6.07, 6.45) is 2.57. The van der Waals surface area contributed by atoms with E-state index in [9.17, 15) is 0 Å². The lowest BCUT2D eigenvalue weighted by Crippen LogP contribution is -2.46. The smallest absolute Gasteiger partial charge is 0.119 e. The van der Waals surface area contributed by atoms with E-state index >= 15 is 0 Å². The molecule has 0 bridgehead atoms. The van der Waals surface area contributed by atoms with Crippen LogP contribution in [-0.4, -0.2) is 61.2 Å². The van der Waals surface area contributed by atoms with Crippen LogP contribution in [0.5, 0.6) is 5.75 Å². The number of hydrogen-bond acceptors (Lipinski definition) is 4. The van der Waals surface area contributed by atoms with Gasteiger partial charge < -0.3 is 15.4 Å². The quantitative estimate of drug-likeness (QED) is 0.811. The highest BCUT2D eigenvalue weighted by atomic mass is 32.1. The lowest BCUT2D eigenvalue weighted by atomic mass is 10.1. The standard InChI is InChI=1S/C16H25N3OS/c1-18-9-3-4-14(12-18)19(2)10-11-20-15-7-5-13(6-8-15)16(17)21/h5-8,14H,3-4,9-12H2,1-2H3,(H2,17,21). The minimum Gasteiger partial charge on any atom is -0.492 e. The first kappa shape index (κ1) is 16.2. The third-order valence-electron chi connectivity index (χ3n) is 4.07. The van der Waals surface area contributed by atoms with Gasteiger partial charge in [-0.05, 0) is 57.7 Å². The lowest BCUT2D eigenvalue weighted by molar-refractivity contribution is 0.119. The van der Waals surface area contributed by atoms with Crippen molar-refractivity contribution in [1.82, 2.24) is 9.80 Å². The lowest BCUT2D eigenvalue weighted by Gasteiger charge is -2.35. The van der Waals surface area contributed by atoms with Crippen LogP contribution in [0.3, 0.4) is 0 Å². The minimum atomic E-state index is 0.419. The maximum absolute atomic E-state index is 5.79. The molecular weight excluding hydrogens is 282 g/mol. The fourth-order valence-corrected chi connectivity index (χ4v) is 2.84. The van der Waals surface area contributed by atoms with Gasteiger partial charge in [0, 0.05) is 24.7 Å². The first-order chi connectivity index (χ1) is 10.1. The van der Waals surface area contributed by atoms with Crippen molar-refractivity contribution in [3.63, 3.8) is 0 Å². The van der Waals surface area contributed by atoms with Crippen molar-refractivity contribution in [3.05, 3.63) is 29.8 Å². The predicted octanol–water partition coefficient (Wildman–Crippen LogP) is 1.73. The summed E-state index contributed by atoms with van der Waals surface area (Å²) in [5.74, 6) is 0.865. The van der Waals surface area contributed by atoms with Gasteiger partial charge in [0.15, 0.2) is 0 Å². The number of benzene rings is 1. The van der Waals surface area contributed by atoms with Crippen LogP contribution in [0, 0.1) is 0 Å². The van der Waals surface area contributed by atoms with Gasteiger partial charge in [0.25, 0.3) is 0 Å². The second kappa shape index (κ2) is 7.73. The van der Waals surface area contributed by atoms with Gasteiger partial charge in [0.1, 0.15) is 17.3 Å². The molecule has 2 N–H and O–H groups in total. The molecule has 1 aromatic carbocycles. The summed E-state index contributed by atoms with van der Waals surface area (Å²) in [5.41, 5.74) is 6.45. The van der Waals surface area contributed by atoms with Gasteiger partial charge in [0.05, 0.1) is 0 Å². The number of likely N-dealkylation sites (N-methyl/N-ethyl adjacent to an activating group) is 2. The molecule has 1 fully saturated rings. The zero-order valence-electron chi connectivity index (χ0n) is 12.9. The molecular formula is C16H25N3OS. The Morgan fingerprint density at radius 1 is 1.43 bits per heavy atom. The number of likely N-dealkylation sites (tertiary alicyclic amines) is 1. The van der Waals surface area contributed by atoms with Gasteiger partial charge in [-0.3, -0.25) is 4.90 Å². The molecule has 0 radical (unpaired) electrons. The Balaban J connectivity index is 1.74. The molecule has 1 aromatic rings. The fraction of sp³-hybridized carbons (Fsp3) is 0.562. The van der Waals surface area contributed by atoms with Crippen molar-refractivity contribution >= 4 is 17.2 Å². The Hall–Kier alpha value is -1.17. The van der Waals surface area contributed by atoms with Gasteiger partial charge in [-0.1, -0.05) is 12.2 Å². The number of rotatable bonds is 6. The van der Waals surface area contributed by atoms with Crippen LogP contribution in [0.15, 0.2) is 24.3 Å². The van der Waals surface area contributed by atoms with Crippen LogP contribution in [-0.2, 0) is 0 Å². The number of hydrogen-bond donors (Lipinski definition) is 1. The molecule has 0 amide bonds. The first-order valence-corrected chi connectivity index (χ1v) is 7.88. The summed E-state index contributed by atoms with van der Waals surface area (Å²) in [6, 6.07) is 8.28.